The van der Waals surface area contributed by atoms with E-state index in [4.69, 9.17) is 23.2 Å². The molecule has 0 spiro atoms. The van der Waals surface area contributed by atoms with Crippen LogP contribution < -0.4 is 5.32 Å². The van der Waals surface area contributed by atoms with Crippen molar-refractivity contribution >= 4 is 29.2 Å². The monoisotopic (exact) mass is 366 g/mol. The number of hydrogen-bond donors (Lipinski definition) is 2. The van der Waals surface area contributed by atoms with Crippen LogP contribution in [0.2, 0.25) is 10.0 Å². The molecule has 128 valence electrons. The first kappa shape index (κ1) is 18.6. The number of nitrogens with zero attached hydrogens (tertiary/aromatic N) is 1. The van der Waals surface area contributed by atoms with Crippen LogP contribution in [-0.4, -0.2) is 17.1 Å². The number of carboxylic acids is 1. The average molecular weight is 367 g/mol. The van der Waals surface area contributed by atoms with Crippen LogP contribution in [0.3, 0.4) is 0 Å². The zero-order valence-electron chi connectivity index (χ0n) is 14.0. The van der Waals surface area contributed by atoms with Gasteiger partial charge in [-0.15, -0.1) is 0 Å². The van der Waals surface area contributed by atoms with Gasteiger partial charge in [0.1, 0.15) is 0 Å². The highest BCUT2D eigenvalue weighted by Crippen LogP contribution is 2.51. The van der Waals surface area contributed by atoms with Gasteiger partial charge in [-0.1, -0.05) is 43.1 Å². The number of aliphatic carboxylic acids is 1. The molecule has 1 aliphatic rings. The van der Waals surface area contributed by atoms with Crippen molar-refractivity contribution in [3.63, 3.8) is 0 Å². The molecule has 0 radical (unpaired) electrons. The van der Waals surface area contributed by atoms with E-state index < -0.39 is 17.3 Å². The van der Waals surface area contributed by atoms with Crippen molar-refractivity contribution in [2.45, 2.75) is 39.7 Å². The topological polar surface area (TPSA) is 73.1 Å². The van der Waals surface area contributed by atoms with Gasteiger partial charge < -0.3 is 10.4 Å². The molecule has 2 rings (SSSR count). The number of nitrogens with one attached hydrogen (secondary N) is 1. The van der Waals surface area contributed by atoms with Crippen LogP contribution in [0, 0.1) is 22.7 Å². The lowest BCUT2D eigenvalue weighted by molar-refractivity contribution is -0.152. The minimum absolute atomic E-state index is 0.0508. The molecule has 1 aliphatic heterocycles. The Hall–Kier alpha value is -1.70. The smallest absolute Gasteiger partial charge is 0.312 e. The van der Waals surface area contributed by atoms with Crippen LogP contribution in [0.15, 0.2) is 29.5 Å². The van der Waals surface area contributed by atoms with Gasteiger partial charge in [0.25, 0.3) is 0 Å². The number of carboxylic acid groups (broad SMARTS) is 1. The number of benzene rings is 1. The van der Waals surface area contributed by atoms with Gasteiger partial charge in [-0.25, -0.2) is 0 Å². The molecule has 3 unspecified atom stereocenters. The lowest BCUT2D eigenvalue weighted by atomic mass is 9.61. The van der Waals surface area contributed by atoms with Crippen LogP contribution in [0.4, 0.5) is 0 Å². The van der Waals surface area contributed by atoms with Gasteiger partial charge in [0.05, 0.1) is 17.1 Å². The van der Waals surface area contributed by atoms with E-state index in [1.54, 1.807) is 32.0 Å². The highest BCUT2D eigenvalue weighted by Gasteiger charge is 2.54. The lowest BCUT2D eigenvalue weighted by Crippen LogP contribution is -2.57. The molecule has 1 aromatic rings. The first-order valence-corrected chi connectivity index (χ1v) is 8.45. The molecule has 0 aliphatic carbocycles. The number of halogens is 2. The fraction of sp³-hybridized carbons (Fsp3) is 0.444. The normalized spacial score (nSPS) is 26.9. The Morgan fingerprint density at radius 1 is 1.42 bits per heavy atom. The molecule has 0 aromatic heterocycles. The predicted molar refractivity (Wildman–Crippen MR) is 95.0 cm³/mol. The van der Waals surface area contributed by atoms with Gasteiger partial charge in [-0.3, -0.25) is 4.79 Å². The number of carbonyl (C=O) groups is 1. The maximum Gasteiger partial charge on any atom is 0.312 e. The van der Waals surface area contributed by atoms with E-state index in [9.17, 15) is 15.2 Å². The van der Waals surface area contributed by atoms with Crippen LogP contribution in [0.25, 0.3) is 0 Å². The third-order valence-electron chi connectivity index (χ3n) is 4.83. The maximum absolute atomic E-state index is 12.3. The summed E-state index contributed by atoms with van der Waals surface area (Å²) in [4.78, 5) is 12.3. The van der Waals surface area contributed by atoms with E-state index in [2.05, 4.69) is 11.4 Å². The van der Waals surface area contributed by atoms with Gasteiger partial charge in [0.2, 0.25) is 0 Å². The summed E-state index contributed by atoms with van der Waals surface area (Å²) in [6.07, 6.45) is 0. The molecule has 24 heavy (non-hydrogen) atoms. The first-order valence-electron chi connectivity index (χ1n) is 7.70. The van der Waals surface area contributed by atoms with Crippen LogP contribution >= 0.6 is 23.2 Å². The van der Waals surface area contributed by atoms with Crippen molar-refractivity contribution in [2.75, 3.05) is 0 Å². The molecule has 1 heterocycles. The van der Waals surface area contributed by atoms with Crippen LogP contribution in [0.1, 0.15) is 39.2 Å². The molecule has 3 atom stereocenters. The van der Waals surface area contributed by atoms with Gasteiger partial charge in [0.15, 0.2) is 0 Å². The summed E-state index contributed by atoms with van der Waals surface area (Å²) in [5, 5.41) is 23.8. The minimum Gasteiger partial charge on any atom is -0.481 e. The molecular formula is C18H20Cl2N2O2. The molecule has 6 heteroatoms. The number of nitriles is 1. The Bertz CT molecular complexity index is 752. The fourth-order valence-electron chi connectivity index (χ4n) is 3.64. The molecule has 0 bridgehead atoms. The highest BCUT2D eigenvalue weighted by atomic mass is 35.5. The van der Waals surface area contributed by atoms with E-state index in [1.165, 1.54) is 0 Å². The van der Waals surface area contributed by atoms with Crippen molar-refractivity contribution in [1.82, 2.24) is 5.32 Å². The van der Waals surface area contributed by atoms with E-state index in [0.29, 0.717) is 26.9 Å². The largest absolute Gasteiger partial charge is 0.481 e. The summed E-state index contributed by atoms with van der Waals surface area (Å²) in [5.74, 6) is -1.57. The quantitative estimate of drug-likeness (QED) is 0.819. The molecule has 4 nitrogen and oxygen atoms in total. The van der Waals surface area contributed by atoms with E-state index in [0.717, 1.165) is 0 Å². The molecule has 0 fully saturated rings. The lowest BCUT2D eigenvalue weighted by Gasteiger charge is -2.47. The molecule has 0 saturated heterocycles. The van der Waals surface area contributed by atoms with Crippen molar-refractivity contribution in [3.8, 4) is 6.07 Å². The van der Waals surface area contributed by atoms with Crippen LogP contribution in [0.5, 0.6) is 0 Å². The molecular weight excluding hydrogens is 347 g/mol. The number of allylic oxidation sites excluding steroid dienone is 2. The molecule has 0 amide bonds. The highest BCUT2D eigenvalue weighted by molar-refractivity contribution is 6.35. The SMILES string of the molecule is CC1=C(C#N)C(c2ccc(Cl)cc2Cl)C(C)(C(=O)O)C(C(C)C)N1. The third-order valence-corrected chi connectivity index (χ3v) is 5.39. The zero-order chi connectivity index (χ0) is 18.2. The Balaban J connectivity index is 2.80. The summed E-state index contributed by atoms with van der Waals surface area (Å²) < 4.78 is 0. The van der Waals surface area contributed by atoms with Crippen molar-refractivity contribution in [3.05, 3.63) is 45.1 Å². The Morgan fingerprint density at radius 2 is 2.04 bits per heavy atom. The van der Waals surface area contributed by atoms with E-state index in [1.807, 2.05) is 13.8 Å². The second-order valence-corrected chi connectivity index (χ2v) is 7.55. The Morgan fingerprint density at radius 3 is 2.50 bits per heavy atom. The van der Waals surface area contributed by atoms with E-state index in [-0.39, 0.29) is 12.0 Å². The zero-order valence-corrected chi connectivity index (χ0v) is 15.5. The van der Waals surface area contributed by atoms with Crippen LogP contribution in [-0.2, 0) is 4.79 Å². The second-order valence-electron chi connectivity index (χ2n) is 6.70. The van der Waals surface area contributed by atoms with Crippen molar-refractivity contribution in [2.24, 2.45) is 11.3 Å². The second kappa shape index (κ2) is 6.66. The third kappa shape index (κ3) is 2.87. The number of hydrogen-bond acceptors (Lipinski definition) is 3. The Labute approximate surface area is 152 Å². The Kier molecular flexibility index (Phi) is 5.17. The summed E-state index contributed by atoms with van der Waals surface area (Å²) >= 11 is 12.3. The van der Waals surface area contributed by atoms with Gasteiger partial charge in [-0.2, -0.15) is 5.26 Å². The number of rotatable bonds is 3. The standard InChI is InChI=1S/C18H20Cl2N2O2/c1-9(2)16-18(4,17(23)24)15(13(8-21)10(3)22-16)12-6-5-11(19)7-14(12)20/h5-7,9,15-16,22H,1-4H3,(H,23,24). The molecule has 2 N–H and O–H groups in total. The van der Waals surface area contributed by atoms with Crippen molar-refractivity contribution < 1.29 is 9.90 Å². The summed E-state index contributed by atoms with van der Waals surface area (Å²) in [6.45, 7) is 7.40. The summed E-state index contributed by atoms with van der Waals surface area (Å²) in [7, 11) is 0. The first-order chi connectivity index (χ1) is 11.1. The fourth-order valence-corrected chi connectivity index (χ4v) is 4.15. The van der Waals surface area contributed by atoms with Gasteiger partial charge in [0, 0.05) is 27.7 Å². The molecule has 1 aromatic carbocycles. The van der Waals surface area contributed by atoms with Crippen molar-refractivity contribution in [1.29, 1.82) is 5.26 Å². The predicted octanol–water partition coefficient (Wildman–Crippen LogP) is 4.59. The van der Waals surface area contributed by atoms with E-state index >= 15 is 0 Å². The maximum atomic E-state index is 12.3. The summed E-state index contributed by atoms with van der Waals surface area (Å²) in [5.41, 5.74) is 0.455. The molecule has 0 saturated carbocycles. The van der Waals surface area contributed by atoms with Gasteiger partial charge >= 0.3 is 5.97 Å². The average Bonchev–Trinajstić information content (AvgIpc) is 2.49. The van der Waals surface area contributed by atoms with Gasteiger partial charge in [-0.05, 0) is 37.5 Å². The summed E-state index contributed by atoms with van der Waals surface area (Å²) in [6, 6.07) is 6.79. The minimum atomic E-state index is -1.23.